The van der Waals surface area contributed by atoms with Gasteiger partial charge in [0.1, 0.15) is 0 Å². The van der Waals surface area contributed by atoms with Crippen LogP contribution < -0.4 is 5.73 Å². The van der Waals surface area contributed by atoms with Gasteiger partial charge in [0.2, 0.25) is 0 Å². The maximum atomic E-state index is 6.10. The van der Waals surface area contributed by atoms with E-state index in [0.717, 1.165) is 16.2 Å². The van der Waals surface area contributed by atoms with Crippen molar-refractivity contribution in [3.63, 3.8) is 0 Å². The molecule has 2 N–H and O–H groups in total. The third-order valence-corrected chi connectivity index (χ3v) is 3.47. The molecule has 1 aromatic carbocycles. The molecule has 0 unspecified atom stereocenters. The molecule has 0 amide bonds. The summed E-state index contributed by atoms with van der Waals surface area (Å²) in [5.41, 5.74) is 9.46. The zero-order valence-electron chi connectivity index (χ0n) is 9.02. The van der Waals surface area contributed by atoms with Crippen LogP contribution in [-0.2, 0) is 5.41 Å². The molecule has 1 aliphatic carbocycles. The van der Waals surface area contributed by atoms with E-state index in [-0.39, 0.29) is 5.41 Å². The SMILES string of the molecule is C=C(C)c1cc(Cl)cc(C2(CN)CC2)c1. The Morgan fingerprint density at radius 2 is 2.13 bits per heavy atom. The van der Waals surface area contributed by atoms with Gasteiger partial charge < -0.3 is 5.73 Å². The van der Waals surface area contributed by atoms with E-state index in [1.165, 1.54) is 18.4 Å². The average Bonchev–Trinajstić information content (AvgIpc) is 2.97. The van der Waals surface area contributed by atoms with Gasteiger partial charge in [0.25, 0.3) is 0 Å². The van der Waals surface area contributed by atoms with Crippen molar-refractivity contribution in [2.75, 3.05) is 6.54 Å². The minimum Gasteiger partial charge on any atom is -0.330 e. The molecule has 1 saturated carbocycles. The van der Waals surface area contributed by atoms with Gasteiger partial charge in [-0.15, -0.1) is 0 Å². The van der Waals surface area contributed by atoms with Crippen LogP contribution in [0.5, 0.6) is 0 Å². The van der Waals surface area contributed by atoms with Gasteiger partial charge in [-0.2, -0.15) is 0 Å². The summed E-state index contributed by atoms with van der Waals surface area (Å²) in [6.07, 6.45) is 2.36. The number of nitrogens with two attached hydrogens (primary N) is 1. The van der Waals surface area contributed by atoms with Crippen molar-refractivity contribution >= 4 is 17.2 Å². The van der Waals surface area contributed by atoms with Gasteiger partial charge in [-0.1, -0.05) is 29.8 Å². The van der Waals surface area contributed by atoms with Crippen LogP contribution in [0.15, 0.2) is 24.8 Å². The van der Waals surface area contributed by atoms with Crippen molar-refractivity contribution in [3.8, 4) is 0 Å². The molecule has 2 heteroatoms. The van der Waals surface area contributed by atoms with Gasteiger partial charge in [-0.25, -0.2) is 0 Å². The lowest BCUT2D eigenvalue weighted by molar-refractivity contribution is 0.704. The highest BCUT2D eigenvalue weighted by molar-refractivity contribution is 6.30. The Bertz CT molecular complexity index is 405. The summed E-state index contributed by atoms with van der Waals surface area (Å²) in [5, 5.41) is 0.783. The average molecular weight is 222 g/mol. The fourth-order valence-corrected chi connectivity index (χ4v) is 2.14. The van der Waals surface area contributed by atoms with E-state index in [4.69, 9.17) is 17.3 Å². The molecule has 1 aromatic rings. The highest BCUT2D eigenvalue weighted by Crippen LogP contribution is 2.48. The molecule has 0 heterocycles. The number of allylic oxidation sites excluding steroid dienone is 1. The van der Waals surface area contributed by atoms with E-state index in [0.29, 0.717) is 6.54 Å². The molecular weight excluding hydrogens is 206 g/mol. The Morgan fingerprint density at radius 1 is 1.47 bits per heavy atom. The summed E-state index contributed by atoms with van der Waals surface area (Å²) < 4.78 is 0. The summed E-state index contributed by atoms with van der Waals surface area (Å²) in [4.78, 5) is 0. The van der Waals surface area contributed by atoms with Crippen LogP contribution in [0.4, 0.5) is 0 Å². The zero-order chi connectivity index (χ0) is 11.1. The summed E-state index contributed by atoms with van der Waals surface area (Å²) in [5.74, 6) is 0. The molecule has 1 aliphatic rings. The van der Waals surface area contributed by atoms with E-state index in [1.54, 1.807) is 0 Å². The highest BCUT2D eigenvalue weighted by atomic mass is 35.5. The van der Waals surface area contributed by atoms with Crippen LogP contribution in [0.1, 0.15) is 30.9 Å². The second kappa shape index (κ2) is 3.66. The van der Waals surface area contributed by atoms with E-state index >= 15 is 0 Å². The number of benzene rings is 1. The lowest BCUT2D eigenvalue weighted by Crippen LogP contribution is -2.19. The maximum absolute atomic E-state index is 6.10. The van der Waals surface area contributed by atoms with Gasteiger partial charge in [0.15, 0.2) is 0 Å². The lowest BCUT2D eigenvalue weighted by Gasteiger charge is -2.15. The lowest BCUT2D eigenvalue weighted by atomic mass is 9.93. The topological polar surface area (TPSA) is 26.0 Å². The largest absolute Gasteiger partial charge is 0.330 e. The Morgan fingerprint density at radius 3 is 2.60 bits per heavy atom. The van der Waals surface area contributed by atoms with Crippen molar-refractivity contribution in [2.24, 2.45) is 5.73 Å². The van der Waals surface area contributed by atoms with E-state index in [2.05, 4.69) is 12.6 Å². The minimum atomic E-state index is 0.203. The van der Waals surface area contributed by atoms with Crippen molar-refractivity contribution in [2.45, 2.75) is 25.2 Å². The van der Waals surface area contributed by atoms with Gasteiger partial charge in [-0.05, 0) is 43.0 Å². The molecule has 0 aliphatic heterocycles. The van der Waals surface area contributed by atoms with Crippen LogP contribution in [0.3, 0.4) is 0 Å². The number of rotatable bonds is 3. The maximum Gasteiger partial charge on any atom is 0.0415 e. The smallest absolute Gasteiger partial charge is 0.0415 e. The van der Waals surface area contributed by atoms with Crippen LogP contribution in [-0.4, -0.2) is 6.54 Å². The number of hydrogen-bond acceptors (Lipinski definition) is 1. The Labute approximate surface area is 95.9 Å². The molecule has 0 spiro atoms. The van der Waals surface area contributed by atoms with Crippen molar-refractivity contribution in [1.82, 2.24) is 0 Å². The second-order valence-electron chi connectivity index (χ2n) is 4.49. The Balaban J connectivity index is 2.44. The first-order valence-corrected chi connectivity index (χ1v) is 5.62. The van der Waals surface area contributed by atoms with Crippen molar-refractivity contribution < 1.29 is 0 Å². The van der Waals surface area contributed by atoms with Crippen LogP contribution in [0.25, 0.3) is 5.57 Å². The normalized spacial score (nSPS) is 17.5. The van der Waals surface area contributed by atoms with Gasteiger partial charge in [0, 0.05) is 17.0 Å². The van der Waals surface area contributed by atoms with Crippen molar-refractivity contribution in [1.29, 1.82) is 0 Å². The molecule has 1 fully saturated rings. The summed E-state index contributed by atoms with van der Waals surface area (Å²) in [7, 11) is 0. The summed E-state index contributed by atoms with van der Waals surface area (Å²) in [6, 6.07) is 6.17. The summed E-state index contributed by atoms with van der Waals surface area (Å²) >= 11 is 6.10. The van der Waals surface area contributed by atoms with E-state index < -0.39 is 0 Å². The molecule has 0 saturated heterocycles. The summed E-state index contributed by atoms with van der Waals surface area (Å²) in [6.45, 7) is 6.65. The van der Waals surface area contributed by atoms with Crippen LogP contribution >= 0.6 is 11.6 Å². The monoisotopic (exact) mass is 221 g/mol. The zero-order valence-corrected chi connectivity index (χ0v) is 9.77. The Kier molecular flexibility index (Phi) is 2.61. The predicted octanol–water partition coefficient (Wildman–Crippen LogP) is 3.36. The third kappa shape index (κ3) is 1.95. The van der Waals surface area contributed by atoms with Crippen LogP contribution in [0.2, 0.25) is 5.02 Å². The standard InChI is InChI=1S/C13H16ClN/c1-9(2)10-5-11(7-12(14)6-10)13(8-15)3-4-13/h5-7H,1,3-4,8,15H2,2H3. The van der Waals surface area contributed by atoms with Gasteiger partial charge in [0.05, 0.1) is 0 Å². The van der Waals surface area contributed by atoms with Gasteiger partial charge in [-0.3, -0.25) is 0 Å². The quantitative estimate of drug-likeness (QED) is 0.832. The molecule has 0 atom stereocenters. The van der Waals surface area contributed by atoms with Crippen molar-refractivity contribution in [3.05, 3.63) is 40.9 Å². The number of halogens is 1. The molecule has 1 nitrogen and oxygen atoms in total. The molecule has 0 radical (unpaired) electrons. The first-order valence-electron chi connectivity index (χ1n) is 5.24. The van der Waals surface area contributed by atoms with Gasteiger partial charge >= 0.3 is 0 Å². The first-order chi connectivity index (χ1) is 7.07. The highest BCUT2D eigenvalue weighted by Gasteiger charge is 2.43. The van der Waals surface area contributed by atoms with E-state index in [1.807, 2.05) is 19.1 Å². The molecule has 2 rings (SSSR count). The minimum absolute atomic E-state index is 0.203. The molecule has 0 aromatic heterocycles. The molecular formula is C13H16ClN. The molecule has 0 bridgehead atoms. The predicted molar refractivity (Wildman–Crippen MR) is 66.1 cm³/mol. The Hall–Kier alpha value is -0.790. The van der Waals surface area contributed by atoms with Crippen LogP contribution in [0, 0.1) is 0 Å². The molecule has 80 valence electrons. The van der Waals surface area contributed by atoms with E-state index in [9.17, 15) is 0 Å². The number of hydrogen-bond donors (Lipinski definition) is 1. The first kappa shape index (κ1) is 10.7. The fraction of sp³-hybridized carbons (Fsp3) is 0.385. The second-order valence-corrected chi connectivity index (χ2v) is 4.93. The molecule has 15 heavy (non-hydrogen) atoms. The third-order valence-electron chi connectivity index (χ3n) is 3.25. The fourth-order valence-electron chi connectivity index (χ4n) is 1.90.